The third-order valence-electron chi connectivity index (χ3n) is 9.77. The van der Waals surface area contributed by atoms with Gasteiger partial charge in [-0.05, 0) is 58.2 Å². The van der Waals surface area contributed by atoms with E-state index in [0.717, 1.165) is 39.8 Å². The second-order valence-electron chi connectivity index (χ2n) is 12.2. The SMILES string of the molecule is C=CCOc1c(C)c2c(c3c1CC1[C@H]4c5c(cc(C)c(OC)c5O)CC[C@@H]([C@H](C#N)N1[C@H]3CNC(=O)[C@H](C)N)N4C)OCO2. The van der Waals surface area contributed by atoms with Gasteiger partial charge in [0, 0.05) is 40.9 Å². The van der Waals surface area contributed by atoms with Gasteiger partial charge in [0.25, 0.3) is 0 Å². The van der Waals surface area contributed by atoms with Gasteiger partial charge in [-0.3, -0.25) is 14.6 Å². The maximum atomic E-state index is 12.9. The molecule has 2 aromatic carbocycles. The molecule has 6 rings (SSSR count). The zero-order valence-corrected chi connectivity index (χ0v) is 26.0. The molecular formula is C33H41N5O6. The fourth-order valence-electron chi connectivity index (χ4n) is 7.95. The number of hydrogen-bond donors (Lipinski definition) is 3. The number of rotatable bonds is 7. The molecule has 4 N–H and O–H groups in total. The van der Waals surface area contributed by atoms with Gasteiger partial charge in [-0.2, -0.15) is 5.26 Å². The van der Waals surface area contributed by atoms with Crippen molar-refractivity contribution >= 4 is 5.91 Å². The lowest BCUT2D eigenvalue weighted by Crippen LogP contribution is -2.66. The molecule has 0 aliphatic carbocycles. The molecule has 44 heavy (non-hydrogen) atoms. The lowest BCUT2D eigenvalue weighted by molar-refractivity contribution is -0.123. The van der Waals surface area contributed by atoms with Crippen molar-refractivity contribution in [3.8, 4) is 34.8 Å². The minimum Gasteiger partial charge on any atom is -0.504 e. The third kappa shape index (κ3) is 4.47. The molecule has 0 radical (unpaired) electrons. The molecule has 6 atom stereocenters. The molecule has 0 spiro atoms. The van der Waals surface area contributed by atoms with E-state index in [9.17, 15) is 15.2 Å². The van der Waals surface area contributed by atoms with Gasteiger partial charge in [0.2, 0.25) is 12.7 Å². The quantitative estimate of drug-likeness (QED) is 0.405. The van der Waals surface area contributed by atoms with Crippen molar-refractivity contribution in [1.82, 2.24) is 15.1 Å². The zero-order valence-electron chi connectivity index (χ0n) is 26.0. The normalized spacial score (nSPS) is 25.9. The number of fused-ring (bicyclic) bond motifs is 9. The van der Waals surface area contributed by atoms with Crippen LogP contribution in [0.25, 0.3) is 0 Å². The molecular weight excluding hydrogens is 562 g/mol. The van der Waals surface area contributed by atoms with E-state index in [1.807, 2.05) is 20.9 Å². The van der Waals surface area contributed by atoms with E-state index >= 15 is 0 Å². The average molecular weight is 604 g/mol. The Morgan fingerprint density at radius 2 is 2.05 bits per heavy atom. The molecule has 1 fully saturated rings. The van der Waals surface area contributed by atoms with Crippen LogP contribution in [0.5, 0.6) is 28.7 Å². The van der Waals surface area contributed by atoms with Crippen LogP contribution in [0.1, 0.15) is 58.8 Å². The Morgan fingerprint density at radius 1 is 1.30 bits per heavy atom. The highest BCUT2D eigenvalue weighted by Crippen LogP contribution is 2.57. The molecule has 2 bridgehead atoms. The van der Waals surface area contributed by atoms with Crippen LogP contribution < -0.4 is 30.0 Å². The third-order valence-corrected chi connectivity index (χ3v) is 9.77. The summed E-state index contributed by atoms with van der Waals surface area (Å²) < 4.78 is 24.1. The molecule has 2 aromatic rings. The Kier molecular flexibility index (Phi) is 7.86. The fraction of sp³-hybridized carbons (Fsp3) is 0.515. The van der Waals surface area contributed by atoms with E-state index < -0.39 is 18.1 Å². The maximum Gasteiger partial charge on any atom is 0.236 e. The predicted octanol–water partition coefficient (Wildman–Crippen LogP) is 2.94. The molecule has 0 saturated carbocycles. The van der Waals surface area contributed by atoms with Crippen LogP contribution in [0, 0.1) is 25.2 Å². The van der Waals surface area contributed by atoms with Gasteiger partial charge >= 0.3 is 0 Å². The highest BCUT2D eigenvalue weighted by Gasteiger charge is 2.55. The Balaban J connectivity index is 1.61. The largest absolute Gasteiger partial charge is 0.504 e. The summed E-state index contributed by atoms with van der Waals surface area (Å²) in [6, 6.07) is 2.36. The van der Waals surface area contributed by atoms with Crippen LogP contribution in [0.15, 0.2) is 18.7 Å². The first kappa shape index (κ1) is 30.1. The summed E-state index contributed by atoms with van der Waals surface area (Å²) >= 11 is 0. The number of piperazine rings is 1. The monoisotopic (exact) mass is 603 g/mol. The Bertz CT molecular complexity index is 1550. The van der Waals surface area contributed by atoms with Gasteiger partial charge in [0.05, 0.1) is 31.3 Å². The Morgan fingerprint density at radius 3 is 2.73 bits per heavy atom. The molecule has 234 valence electrons. The highest BCUT2D eigenvalue weighted by molar-refractivity contribution is 5.81. The molecule has 1 amide bonds. The number of nitrogens with two attached hydrogens (primary N) is 1. The standard InChI is InChI=1S/C33H41N5O6/c1-7-10-42-30-17(3)31-32(44-15-43-31)26-20(30)12-22-27-25-19(11-16(2)29(41-6)28(25)39)8-9-21(37(27)5)23(13-34)38(22)24(26)14-36-33(40)18(4)35/h7,11,18,21-24,27,39H,1,8-10,12,14-15,35H2,2-6H3,(H,36,40)/t18-,21-,22?,23-,24-,27-/m0/s1. The van der Waals surface area contributed by atoms with Crippen LogP contribution in [0.3, 0.4) is 0 Å². The molecule has 4 aliphatic heterocycles. The lowest BCUT2D eigenvalue weighted by atomic mass is 9.76. The predicted molar refractivity (Wildman–Crippen MR) is 163 cm³/mol. The van der Waals surface area contributed by atoms with Crippen molar-refractivity contribution in [3.05, 3.63) is 52.1 Å². The highest BCUT2D eigenvalue weighted by atomic mass is 16.7. The number of benzene rings is 2. The summed E-state index contributed by atoms with van der Waals surface area (Å²) in [6.45, 7) is 9.93. The Labute approximate surface area is 258 Å². The number of nitrogens with zero attached hydrogens (tertiary/aromatic N) is 3. The molecule has 11 heteroatoms. The van der Waals surface area contributed by atoms with E-state index in [4.69, 9.17) is 24.7 Å². The van der Waals surface area contributed by atoms with Crippen LogP contribution in [-0.4, -0.2) is 79.1 Å². The van der Waals surface area contributed by atoms with Crippen molar-refractivity contribution in [2.45, 2.75) is 76.3 Å². The lowest BCUT2D eigenvalue weighted by Gasteiger charge is -2.57. The summed E-state index contributed by atoms with van der Waals surface area (Å²) in [7, 11) is 3.61. The van der Waals surface area contributed by atoms with Crippen LogP contribution in [-0.2, 0) is 17.6 Å². The molecule has 4 heterocycles. The number of phenols is 1. The number of methoxy groups -OCH3 is 1. The van der Waals surface area contributed by atoms with Crippen molar-refractivity contribution in [2.75, 3.05) is 34.1 Å². The van der Waals surface area contributed by atoms with Gasteiger partial charge in [-0.25, -0.2) is 0 Å². The number of ether oxygens (including phenoxy) is 4. The smallest absolute Gasteiger partial charge is 0.236 e. The van der Waals surface area contributed by atoms with E-state index in [1.165, 1.54) is 0 Å². The topological polar surface area (TPSA) is 143 Å². The van der Waals surface area contributed by atoms with Crippen molar-refractivity contribution in [3.63, 3.8) is 0 Å². The first-order valence-electron chi connectivity index (χ1n) is 15.1. The second kappa shape index (κ2) is 11.5. The zero-order chi connectivity index (χ0) is 31.4. The van der Waals surface area contributed by atoms with E-state index in [2.05, 4.69) is 33.8 Å². The summed E-state index contributed by atoms with van der Waals surface area (Å²) in [5, 5.41) is 25.6. The number of nitriles is 1. The van der Waals surface area contributed by atoms with Crippen LogP contribution >= 0.6 is 0 Å². The van der Waals surface area contributed by atoms with E-state index in [1.54, 1.807) is 20.1 Å². The number of phenolic OH excluding ortho intramolecular Hbond substituents is 1. The van der Waals surface area contributed by atoms with Gasteiger partial charge in [-0.15, -0.1) is 0 Å². The Hall–Kier alpha value is -3.98. The number of aryl methyl sites for hydroxylation is 2. The summed E-state index contributed by atoms with van der Waals surface area (Å²) in [5.41, 5.74) is 11.3. The van der Waals surface area contributed by atoms with Gasteiger partial charge in [0.15, 0.2) is 23.0 Å². The van der Waals surface area contributed by atoms with Crippen LogP contribution in [0.2, 0.25) is 0 Å². The van der Waals surface area contributed by atoms with Crippen LogP contribution in [0.4, 0.5) is 0 Å². The van der Waals surface area contributed by atoms with Gasteiger partial charge in [0.1, 0.15) is 18.4 Å². The first-order chi connectivity index (χ1) is 21.1. The molecule has 4 aliphatic rings. The summed E-state index contributed by atoms with van der Waals surface area (Å²) in [5.74, 6) is 2.20. The van der Waals surface area contributed by atoms with E-state index in [0.29, 0.717) is 42.4 Å². The molecule has 11 nitrogen and oxygen atoms in total. The molecule has 1 unspecified atom stereocenters. The number of amides is 1. The number of carbonyl (C=O) groups excluding carboxylic acids is 1. The average Bonchev–Trinajstić information content (AvgIpc) is 3.46. The van der Waals surface area contributed by atoms with Crippen molar-refractivity contribution in [2.24, 2.45) is 5.73 Å². The van der Waals surface area contributed by atoms with Gasteiger partial charge in [-0.1, -0.05) is 18.7 Å². The summed E-state index contributed by atoms with van der Waals surface area (Å²) in [6.07, 6.45) is 3.63. The number of nitrogens with one attached hydrogen (secondary N) is 1. The number of aromatic hydroxyl groups is 1. The van der Waals surface area contributed by atoms with Gasteiger partial charge < -0.3 is 35.1 Å². The number of likely N-dealkylation sites (N-methyl/N-ethyl adjacent to an activating group) is 1. The first-order valence-corrected chi connectivity index (χ1v) is 15.1. The van der Waals surface area contributed by atoms with E-state index in [-0.39, 0.29) is 43.1 Å². The van der Waals surface area contributed by atoms with Crippen molar-refractivity contribution in [1.29, 1.82) is 5.26 Å². The molecule has 1 saturated heterocycles. The van der Waals surface area contributed by atoms with Crippen molar-refractivity contribution < 1.29 is 28.8 Å². The number of carbonyl (C=O) groups is 1. The minimum atomic E-state index is -0.704. The fourth-order valence-corrected chi connectivity index (χ4v) is 7.95. The molecule has 0 aromatic heterocycles. The second-order valence-corrected chi connectivity index (χ2v) is 12.2. The minimum absolute atomic E-state index is 0.0614. The summed E-state index contributed by atoms with van der Waals surface area (Å²) in [4.78, 5) is 17.3. The maximum absolute atomic E-state index is 12.9. The number of hydrogen-bond acceptors (Lipinski definition) is 10.